The van der Waals surface area contributed by atoms with Crippen LogP contribution in [0.1, 0.15) is 16.7 Å². The van der Waals surface area contributed by atoms with Crippen LogP contribution in [0.5, 0.6) is 0 Å². The molecule has 0 unspecified atom stereocenters. The van der Waals surface area contributed by atoms with E-state index in [1.54, 1.807) is 6.08 Å². The molecule has 4 rings (SSSR count). The van der Waals surface area contributed by atoms with Crippen LogP contribution in [0, 0.1) is 0 Å². The second-order valence-corrected chi connectivity index (χ2v) is 7.63. The lowest BCUT2D eigenvalue weighted by Crippen LogP contribution is -2.52. The van der Waals surface area contributed by atoms with Crippen LogP contribution in [-0.2, 0) is 22.6 Å². The number of halogens is 1. The van der Waals surface area contributed by atoms with Crippen LogP contribution in [-0.4, -0.2) is 48.3 Å². The van der Waals surface area contributed by atoms with Crippen LogP contribution in [0.15, 0.2) is 48.0 Å². The molecule has 2 aromatic carbocycles. The Morgan fingerprint density at radius 2 is 1.69 bits per heavy atom. The van der Waals surface area contributed by atoms with Crippen molar-refractivity contribution < 1.29 is 14.4 Å². The average Bonchev–Trinajstić information content (AvgIpc) is 3.12. The van der Waals surface area contributed by atoms with Gasteiger partial charge in [-0.3, -0.25) is 19.4 Å². The molecular weight excluding hydrogens is 390 g/mol. The van der Waals surface area contributed by atoms with Gasteiger partial charge in [-0.15, -0.1) is 0 Å². The van der Waals surface area contributed by atoms with Crippen molar-refractivity contribution in [3.63, 3.8) is 0 Å². The van der Waals surface area contributed by atoms with Crippen molar-refractivity contribution in [2.24, 2.45) is 0 Å². The van der Waals surface area contributed by atoms with Gasteiger partial charge in [0.15, 0.2) is 0 Å². The van der Waals surface area contributed by atoms with E-state index in [1.165, 1.54) is 14.1 Å². The maximum absolute atomic E-state index is 12.4. The fourth-order valence-electron chi connectivity index (χ4n) is 3.72. The van der Waals surface area contributed by atoms with Crippen LogP contribution in [0.25, 0.3) is 6.08 Å². The summed E-state index contributed by atoms with van der Waals surface area (Å²) < 4.78 is 0. The van der Waals surface area contributed by atoms with Crippen molar-refractivity contribution in [2.45, 2.75) is 13.0 Å². The van der Waals surface area contributed by atoms with E-state index in [-0.39, 0.29) is 5.57 Å². The topological polar surface area (TPSA) is 60.9 Å². The zero-order valence-electron chi connectivity index (χ0n) is 16.2. The lowest BCUT2D eigenvalue weighted by atomic mass is 10.0. The molecular formula is C22H20ClN3O3. The lowest BCUT2D eigenvalue weighted by molar-refractivity contribution is -0.134. The molecule has 0 radical (unpaired) electrons. The molecule has 0 spiro atoms. The first kappa shape index (κ1) is 19.2. The molecule has 7 heteroatoms. The number of nitrogens with zero attached hydrogens (tertiary/aromatic N) is 3. The Bertz CT molecular complexity index is 1040. The lowest BCUT2D eigenvalue weighted by Gasteiger charge is -2.28. The molecule has 2 aromatic rings. The molecule has 2 aliphatic heterocycles. The van der Waals surface area contributed by atoms with Gasteiger partial charge in [0.2, 0.25) is 0 Å². The highest BCUT2D eigenvalue weighted by Gasteiger charge is 2.37. The van der Waals surface area contributed by atoms with Gasteiger partial charge in [0, 0.05) is 37.9 Å². The Balaban J connectivity index is 1.60. The quantitative estimate of drug-likeness (QED) is 0.576. The fourth-order valence-corrected chi connectivity index (χ4v) is 3.91. The fraction of sp³-hybridized carbons (Fsp3) is 0.227. The van der Waals surface area contributed by atoms with Gasteiger partial charge in [0.05, 0.1) is 0 Å². The number of anilines is 1. The van der Waals surface area contributed by atoms with Gasteiger partial charge < -0.3 is 4.90 Å². The highest BCUT2D eigenvalue weighted by atomic mass is 35.5. The number of carbonyl (C=O) groups is 3. The Labute approximate surface area is 174 Å². The third-order valence-corrected chi connectivity index (χ3v) is 5.74. The molecule has 0 N–H and O–H groups in total. The zero-order chi connectivity index (χ0) is 20.7. The van der Waals surface area contributed by atoms with Crippen molar-refractivity contribution in [1.29, 1.82) is 0 Å². The molecule has 2 aliphatic rings. The number of rotatable bonds is 3. The summed E-state index contributed by atoms with van der Waals surface area (Å²) in [6.07, 6.45) is 2.43. The van der Waals surface area contributed by atoms with Gasteiger partial charge in [-0.05, 0) is 47.4 Å². The van der Waals surface area contributed by atoms with Crippen LogP contribution < -0.4 is 4.90 Å². The van der Waals surface area contributed by atoms with Crippen molar-refractivity contribution in [1.82, 2.24) is 9.80 Å². The number of carbonyl (C=O) groups excluding carboxylic acids is 3. The summed E-state index contributed by atoms with van der Waals surface area (Å²) in [4.78, 5) is 40.8. The number of hydrogen-bond acceptors (Lipinski definition) is 4. The summed E-state index contributed by atoms with van der Waals surface area (Å²) in [6.45, 7) is 1.60. The normalized spacial score (nSPS) is 16.6. The minimum Gasteiger partial charge on any atom is -0.367 e. The van der Waals surface area contributed by atoms with Gasteiger partial charge >= 0.3 is 6.03 Å². The number of amides is 4. The average molecular weight is 410 g/mol. The summed E-state index contributed by atoms with van der Waals surface area (Å²) in [5.74, 6) is -1.17. The van der Waals surface area contributed by atoms with Crippen molar-refractivity contribution in [3.8, 4) is 0 Å². The largest absolute Gasteiger partial charge is 0.367 e. The predicted octanol–water partition coefficient (Wildman–Crippen LogP) is 3.34. The number of urea groups is 1. The first-order chi connectivity index (χ1) is 13.9. The van der Waals surface area contributed by atoms with E-state index in [1.807, 2.05) is 42.5 Å². The molecule has 148 valence electrons. The van der Waals surface area contributed by atoms with Gasteiger partial charge in [0.25, 0.3) is 11.8 Å². The maximum atomic E-state index is 12.4. The molecule has 29 heavy (non-hydrogen) atoms. The van der Waals surface area contributed by atoms with E-state index < -0.39 is 17.8 Å². The summed E-state index contributed by atoms with van der Waals surface area (Å²) >= 11 is 6.29. The van der Waals surface area contributed by atoms with Crippen LogP contribution in [0.3, 0.4) is 0 Å². The summed E-state index contributed by atoms with van der Waals surface area (Å²) in [5, 5.41) is 0.749. The molecule has 2 heterocycles. The van der Waals surface area contributed by atoms with Crippen molar-refractivity contribution in [2.75, 3.05) is 25.5 Å². The minimum absolute atomic E-state index is 0.0135. The molecule has 0 aromatic heterocycles. The number of imide groups is 2. The Hall–Kier alpha value is -3.12. The third-order valence-electron chi connectivity index (χ3n) is 5.37. The standard InChI is InChI=1S/C22H20ClN3O3/c1-24-20(27)17(21(28)25(2)22(24)29)12-14-7-8-19-15(11-14)9-10-26(19)13-16-5-3-4-6-18(16)23/h3-8,11-12H,9-10,13H2,1-2H3. The number of barbiturate groups is 1. The number of fused-ring (bicyclic) bond motifs is 1. The molecule has 0 saturated carbocycles. The van der Waals surface area contributed by atoms with Crippen LogP contribution in [0.2, 0.25) is 5.02 Å². The SMILES string of the molecule is CN1C(=O)C(=Cc2ccc3c(c2)CCN3Cc2ccccc2Cl)C(=O)N(C)C1=O. The van der Waals surface area contributed by atoms with E-state index in [0.717, 1.165) is 56.7 Å². The molecule has 1 fully saturated rings. The molecule has 0 bridgehead atoms. The van der Waals surface area contributed by atoms with Crippen molar-refractivity contribution in [3.05, 3.63) is 69.8 Å². The second-order valence-electron chi connectivity index (χ2n) is 7.22. The smallest absolute Gasteiger partial charge is 0.333 e. The summed E-state index contributed by atoms with van der Waals surface area (Å²) in [6, 6.07) is 13.1. The molecule has 6 nitrogen and oxygen atoms in total. The highest BCUT2D eigenvalue weighted by Crippen LogP contribution is 2.32. The van der Waals surface area contributed by atoms with Gasteiger partial charge in [0.1, 0.15) is 5.57 Å². The highest BCUT2D eigenvalue weighted by molar-refractivity contribution is 6.31. The monoisotopic (exact) mass is 409 g/mol. The molecule has 1 saturated heterocycles. The van der Waals surface area contributed by atoms with E-state index in [2.05, 4.69) is 4.90 Å². The third kappa shape index (κ3) is 3.40. The number of likely N-dealkylation sites (N-methyl/N-ethyl adjacent to an activating group) is 2. The van der Waals surface area contributed by atoms with Gasteiger partial charge in [-0.2, -0.15) is 0 Å². The summed E-state index contributed by atoms with van der Waals surface area (Å²) in [7, 11) is 2.74. The van der Waals surface area contributed by atoms with Crippen LogP contribution in [0.4, 0.5) is 10.5 Å². The van der Waals surface area contributed by atoms with Gasteiger partial charge in [-0.25, -0.2) is 4.79 Å². The Morgan fingerprint density at radius 3 is 2.38 bits per heavy atom. The van der Waals surface area contributed by atoms with E-state index in [9.17, 15) is 14.4 Å². The predicted molar refractivity (Wildman–Crippen MR) is 112 cm³/mol. The molecule has 0 atom stereocenters. The zero-order valence-corrected chi connectivity index (χ0v) is 16.9. The van der Waals surface area contributed by atoms with Crippen LogP contribution >= 0.6 is 11.6 Å². The Morgan fingerprint density at radius 1 is 1.00 bits per heavy atom. The molecule has 0 aliphatic carbocycles. The second kappa shape index (κ2) is 7.37. The van der Waals surface area contributed by atoms with E-state index in [4.69, 9.17) is 11.6 Å². The Kier molecular flexibility index (Phi) is 4.88. The maximum Gasteiger partial charge on any atom is 0.333 e. The van der Waals surface area contributed by atoms with E-state index >= 15 is 0 Å². The van der Waals surface area contributed by atoms with Crippen molar-refractivity contribution >= 4 is 41.2 Å². The number of benzene rings is 2. The minimum atomic E-state index is -0.624. The number of hydrogen-bond donors (Lipinski definition) is 0. The summed E-state index contributed by atoms with van der Waals surface area (Å²) in [5.41, 5.74) is 4.09. The van der Waals surface area contributed by atoms with Gasteiger partial charge in [-0.1, -0.05) is 35.9 Å². The van der Waals surface area contributed by atoms with E-state index in [0.29, 0.717) is 0 Å². The first-order valence-electron chi connectivity index (χ1n) is 9.30. The molecule has 4 amide bonds. The first-order valence-corrected chi connectivity index (χ1v) is 9.67.